The molecule has 2 aromatic carbocycles. The van der Waals surface area contributed by atoms with Gasteiger partial charge in [0, 0.05) is 16.7 Å². The number of rotatable bonds is 1. The number of aliphatic hydroxyl groups excluding tert-OH is 1. The van der Waals surface area contributed by atoms with E-state index in [4.69, 9.17) is 0 Å². The van der Waals surface area contributed by atoms with Gasteiger partial charge in [0.25, 0.3) is 0 Å². The van der Waals surface area contributed by atoms with Gasteiger partial charge in [-0.15, -0.1) is 0 Å². The molecule has 0 bridgehead atoms. The number of para-hydroxylation sites is 1. The summed E-state index contributed by atoms with van der Waals surface area (Å²) in [6.45, 7) is 5.99. The van der Waals surface area contributed by atoms with Crippen molar-refractivity contribution in [2.24, 2.45) is 5.41 Å². The zero-order chi connectivity index (χ0) is 15.2. The molecule has 1 aliphatic rings. The molecule has 2 N–H and O–H groups in total. The van der Waals surface area contributed by atoms with Gasteiger partial charge in [0.05, 0.1) is 12.1 Å². The molecule has 1 aliphatic heterocycles. The highest BCUT2D eigenvalue weighted by Gasteiger charge is 2.43. The van der Waals surface area contributed by atoms with E-state index in [1.54, 1.807) is 12.1 Å². The minimum atomic E-state index is -0.595. The third-order valence-corrected chi connectivity index (χ3v) is 4.56. The average Bonchev–Trinajstić information content (AvgIpc) is 2.46. The van der Waals surface area contributed by atoms with Crippen molar-refractivity contribution >= 4 is 5.69 Å². The first-order valence-electron chi connectivity index (χ1n) is 7.21. The second kappa shape index (κ2) is 4.85. The van der Waals surface area contributed by atoms with E-state index in [9.17, 15) is 9.50 Å². The average molecular weight is 285 g/mol. The molecule has 0 fully saturated rings. The summed E-state index contributed by atoms with van der Waals surface area (Å²) in [5.41, 5.74) is 3.29. The monoisotopic (exact) mass is 285 g/mol. The molecule has 2 nitrogen and oxygen atoms in total. The highest BCUT2D eigenvalue weighted by Crippen LogP contribution is 2.51. The standard InChI is InChI=1S/C18H20FNO/c1-11-8-9-12(19)10-14(11)16-18(2,3)17(21)13-6-4-5-7-15(13)20-16/h4-10,16-17,20-21H,1-3H3. The van der Waals surface area contributed by atoms with Gasteiger partial charge in [-0.1, -0.05) is 38.1 Å². The van der Waals surface area contributed by atoms with E-state index in [0.717, 1.165) is 22.4 Å². The van der Waals surface area contributed by atoms with Crippen LogP contribution in [-0.4, -0.2) is 5.11 Å². The van der Waals surface area contributed by atoms with Crippen molar-refractivity contribution in [1.82, 2.24) is 0 Å². The molecule has 3 rings (SSSR count). The predicted octanol–water partition coefficient (Wildman–Crippen LogP) is 4.36. The van der Waals surface area contributed by atoms with E-state index < -0.39 is 11.5 Å². The summed E-state index contributed by atoms with van der Waals surface area (Å²) in [6, 6.07) is 12.4. The van der Waals surface area contributed by atoms with E-state index in [0.29, 0.717) is 0 Å². The first-order valence-corrected chi connectivity index (χ1v) is 7.21. The van der Waals surface area contributed by atoms with Crippen molar-refractivity contribution in [3.05, 3.63) is 65.0 Å². The number of hydrogen-bond acceptors (Lipinski definition) is 2. The number of aliphatic hydroxyl groups is 1. The Labute approximate surface area is 124 Å². The molecule has 2 atom stereocenters. The fourth-order valence-electron chi connectivity index (χ4n) is 3.17. The Hall–Kier alpha value is -1.87. The van der Waals surface area contributed by atoms with Gasteiger partial charge in [0.15, 0.2) is 0 Å². The lowest BCUT2D eigenvalue weighted by Gasteiger charge is -2.45. The summed E-state index contributed by atoms with van der Waals surface area (Å²) in [5, 5.41) is 14.2. The van der Waals surface area contributed by atoms with Crippen LogP contribution in [0.2, 0.25) is 0 Å². The zero-order valence-electron chi connectivity index (χ0n) is 12.5. The van der Waals surface area contributed by atoms with Gasteiger partial charge in [-0.25, -0.2) is 4.39 Å². The Morgan fingerprint density at radius 3 is 2.57 bits per heavy atom. The number of benzene rings is 2. The maximum atomic E-state index is 13.7. The van der Waals surface area contributed by atoms with Crippen LogP contribution in [0.25, 0.3) is 0 Å². The molecule has 0 saturated heterocycles. The summed E-state index contributed by atoms with van der Waals surface area (Å²) < 4.78 is 13.7. The predicted molar refractivity (Wildman–Crippen MR) is 82.7 cm³/mol. The molecule has 0 radical (unpaired) electrons. The van der Waals surface area contributed by atoms with E-state index in [1.165, 1.54) is 6.07 Å². The van der Waals surface area contributed by atoms with Crippen LogP contribution in [0.1, 0.15) is 42.7 Å². The molecule has 110 valence electrons. The lowest BCUT2D eigenvalue weighted by atomic mass is 9.70. The van der Waals surface area contributed by atoms with Crippen molar-refractivity contribution < 1.29 is 9.50 Å². The van der Waals surface area contributed by atoms with Crippen molar-refractivity contribution in [2.45, 2.75) is 32.9 Å². The number of fused-ring (bicyclic) bond motifs is 1. The number of hydrogen-bond donors (Lipinski definition) is 2. The fraction of sp³-hybridized carbons (Fsp3) is 0.333. The smallest absolute Gasteiger partial charge is 0.123 e. The number of nitrogens with one attached hydrogen (secondary N) is 1. The molecule has 0 spiro atoms. The summed E-state index contributed by atoms with van der Waals surface area (Å²) in [4.78, 5) is 0. The summed E-state index contributed by atoms with van der Waals surface area (Å²) >= 11 is 0. The normalized spacial score (nSPS) is 23.3. The minimum absolute atomic E-state index is 0.141. The van der Waals surface area contributed by atoms with Gasteiger partial charge >= 0.3 is 0 Å². The van der Waals surface area contributed by atoms with Crippen LogP contribution >= 0.6 is 0 Å². The highest BCUT2D eigenvalue weighted by atomic mass is 19.1. The Balaban J connectivity index is 2.13. The van der Waals surface area contributed by atoms with E-state index in [-0.39, 0.29) is 11.9 Å². The van der Waals surface area contributed by atoms with Gasteiger partial charge in [-0.2, -0.15) is 0 Å². The quantitative estimate of drug-likeness (QED) is 0.816. The second-order valence-corrected chi connectivity index (χ2v) is 6.39. The van der Waals surface area contributed by atoms with Crippen LogP contribution in [0.5, 0.6) is 0 Å². The highest BCUT2D eigenvalue weighted by molar-refractivity contribution is 5.58. The summed E-state index contributed by atoms with van der Waals surface area (Å²) in [5.74, 6) is -0.249. The zero-order valence-corrected chi connectivity index (χ0v) is 12.5. The summed E-state index contributed by atoms with van der Waals surface area (Å²) in [6.07, 6.45) is -0.595. The van der Waals surface area contributed by atoms with Crippen LogP contribution in [-0.2, 0) is 0 Å². The largest absolute Gasteiger partial charge is 0.388 e. The SMILES string of the molecule is Cc1ccc(F)cc1C1Nc2ccccc2C(O)C1(C)C. The van der Waals surface area contributed by atoms with Crippen LogP contribution in [0.15, 0.2) is 42.5 Å². The first kappa shape index (κ1) is 14.1. The molecule has 0 aliphatic carbocycles. The van der Waals surface area contributed by atoms with Crippen LogP contribution in [0, 0.1) is 18.2 Å². The van der Waals surface area contributed by atoms with E-state index >= 15 is 0 Å². The molecule has 21 heavy (non-hydrogen) atoms. The van der Waals surface area contributed by atoms with E-state index in [1.807, 2.05) is 45.0 Å². The molecule has 1 heterocycles. The van der Waals surface area contributed by atoms with Crippen molar-refractivity contribution in [3.63, 3.8) is 0 Å². The fourth-order valence-corrected chi connectivity index (χ4v) is 3.17. The van der Waals surface area contributed by atoms with Crippen LogP contribution in [0.3, 0.4) is 0 Å². The Morgan fingerprint density at radius 1 is 1.10 bits per heavy atom. The maximum Gasteiger partial charge on any atom is 0.123 e. The molecule has 0 amide bonds. The number of aryl methyl sites for hydroxylation is 1. The Kier molecular flexibility index (Phi) is 3.25. The van der Waals surface area contributed by atoms with Crippen molar-refractivity contribution in [1.29, 1.82) is 0 Å². The lowest BCUT2D eigenvalue weighted by molar-refractivity contribution is 0.0288. The van der Waals surface area contributed by atoms with Gasteiger partial charge in [0.2, 0.25) is 0 Å². The van der Waals surface area contributed by atoms with Crippen molar-refractivity contribution in [2.75, 3.05) is 5.32 Å². The minimum Gasteiger partial charge on any atom is -0.388 e. The number of halogens is 1. The molecule has 0 saturated carbocycles. The van der Waals surface area contributed by atoms with Gasteiger partial charge in [-0.3, -0.25) is 0 Å². The van der Waals surface area contributed by atoms with Crippen LogP contribution < -0.4 is 5.32 Å². The third-order valence-electron chi connectivity index (χ3n) is 4.56. The molecule has 2 aromatic rings. The molecular weight excluding hydrogens is 265 g/mol. The molecular formula is C18H20FNO. The molecule has 3 heteroatoms. The number of anilines is 1. The lowest BCUT2D eigenvalue weighted by Crippen LogP contribution is -2.39. The van der Waals surface area contributed by atoms with Gasteiger partial charge in [-0.05, 0) is 36.2 Å². The Bertz CT molecular complexity index is 681. The van der Waals surface area contributed by atoms with Gasteiger partial charge in [0.1, 0.15) is 5.82 Å². The van der Waals surface area contributed by atoms with Gasteiger partial charge < -0.3 is 10.4 Å². The summed E-state index contributed by atoms with van der Waals surface area (Å²) in [7, 11) is 0. The second-order valence-electron chi connectivity index (χ2n) is 6.39. The topological polar surface area (TPSA) is 32.3 Å². The first-order chi connectivity index (χ1) is 9.91. The van der Waals surface area contributed by atoms with Crippen molar-refractivity contribution in [3.8, 4) is 0 Å². The molecule has 2 unspecified atom stereocenters. The Morgan fingerprint density at radius 2 is 1.81 bits per heavy atom. The molecule has 0 aromatic heterocycles. The maximum absolute atomic E-state index is 13.7. The third kappa shape index (κ3) is 2.22. The van der Waals surface area contributed by atoms with Crippen LogP contribution in [0.4, 0.5) is 10.1 Å². The van der Waals surface area contributed by atoms with E-state index in [2.05, 4.69) is 5.32 Å².